The lowest BCUT2D eigenvalue weighted by Crippen LogP contribution is -2.27. The third-order valence-corrected chi connectivity index (χ3v) is 7.32. The van der Waals surface area contributed by atoms with Gasteiger partial charge in [0.15, 0.2) is 0 Å². The molecule has 0 N–H and O–H groups in total. The Hall–Kier alpha value is -3.32. The van der Waals surface area contributed by atoms with E-state index in [2.05, 4.69) is 5.10 Å². The van der Waals surface area contributed by atoms with Gasteiger partial charge in [-0.3, -0.25) is 0 Å². The zero-order valence-electron chi connectivity index (χ0n) is 18.6. The number of hydrazone groups is 1. The van der Waals surface area contributed by atoms with Crippen molar-refractivity contribution in [2.45, 2.75) is 31.2 Å². The van der Waals surface area contributed by atoms with Crippen LogP contribution < -0.4 is 9.47 Å². The van der Waals surface area contributed by atoms with Crippen LogP contribution in [0.3, 0.4) is 0 Å². The van der Waals surface area contributed by atoms with Crippen molar-refractivity contribution in [1.82, 2.24) is 4.41 Å². The molecule has 0 amide bonds. The molecule has 0 saturated heterocycles. The van der Waals surface area contributed by atoms with E-state index in [-0.39, 0.29) is 4.90 Å². The Morgan fingerprint density at radius 1 is 0.875 bits per heavy atom. The average Bonchev–Trinajstić information content (AvgIpc) is 3.25. The van der Waals surface area contributed by atoms with Gasteiger partial charge in [0.05, 0.1) is 30.9 Å². The number of nitrogens with zero attached hydrogens (tertiary/aromatic N) is 2. The molecule has 0 fully saturated rings. The van der Waals surface area contributed by atoms with Gasteiger partial charge in [-0.15, -0.1) is 0 Å². The van der Waals surface area contributed by atoms with E-state index in [1.54, 1.807) is 44.6 Å². The Bertz CT molecular complexity index is 1250. The van der Waals surface area contributed by atoms with Crippen molar-refractivity contribution in [2.75, 3.05) is 14.2 Å². The first-order valence-electron chi connectivity index (χ1n) is 10.3. The number of hydrogen-bond donors (Lipinski definition) is 0. The van der Waals surface area contributed by atoms with Crippen molar-refractivity contribution in [3.63, 3.8) is 0 Å². The summed E-state index contributed by atoms with van der Waals surface area (Å²) in [6.45, 7) is 3.93. The van der Waals surface area contributed by atoms with Crippen LogP contribution in [-0.4, -0.2) is 32.8 Å². The van der Waals surface area contributed by atoms with Crippen molar-refractivity contribution in [2.24, 2.45) is 5.10 Å². The highest BCUT2D eigenvalue weighted by Gasteiger charge is 2.38. The van der Waals surface area contributed by atoms with Crippen molar-refractivity contribution in [3.8, 4) is 11.5 Å². The number of aryl methyl sites for hydroxylation is 2. The summed E-state index contributed by atoms with van der Waals surface area (Å²) in [7, 11) is -0.692. The predicted molar refractivity (Wildman–Crippen MR) is 125 cm³/mol. The monoisotopic (exact) mass is 450 g/mol. The summed E-state index contributed by atoms with van der Waals surface area (Å²) in [6.07, 6.45) is 0.427. The normalized spacial score (nSPS) is 16.1. The fourth-order valence-electron chi connectivity index (χ4n) is 3.76. The van der Waals surface area contributed by atoms with Crippen LogP contribution >= 0.6 is 0 Å². The van der Waals surface area contributed by atoms with Gasteiger partial charge in [-0.25, -0.2) is 0 Å². The molecule has 166 valence electrons. The average molecular weight is 451 g/mol. The minimum absolute atomic E-state index is 0.215. The minimum atomic E-state index is -3.86. The molecule has 0 saturated carbocycles. The zero-order chi connectivity index (χ0) is 22.9. The van der Waals surface area contributed by atoms with Gasteiger partial charge in [0, 0.05) is 18.1 Å². The number of methoxy groups -OCH3 is 2. The fourth-order valence-corrected chi connectivity index (χ4v) is 5.20. The Balaban J connectivity index is 1.82. The first-order valence-corrected chi connectivity index (χ1v) is 11.7. The van der Waals surface area contributed by atoms with Crippen molar-refractivity contribution in [1.29, 1.82) is 0 Å². The third kappa shape index (κ3) is 4.08. The molecular weight excluding hydrogens is 424 g/mol. The van der Waals surface area contributed by atoms with E-state index in [1.807, 2.05) is 50.2 Å². The highest BCUT2D eigenvalue weighted by Crippen LogP contribution is 2.39. The molecule has 6 nitrogen and oxygen atoms in total. The van der Waals surface area contributed by atoms with Crippen LogP contribution in [-0.2, 0) is 10.0 Å². The number of rotatable bonds is 6. The molecule has 1 atom stereocenters. The number of hydrogen-bond acceptors (Lipinski definition) is 5. The van der Waals surface area contributed by atoms with Crippen molar-refractivity contribution < 1.29 is 17.9 Å². The first kappa shape index (κ1) is 21.9. The lowest BCUT2D eigenvalue weighted by molar-refractivity contribution is 0.371. The van der Waals surface area contributed by atoms with E-state index in [9.17, 15) is 8.42 Å². The van der Waals surface area contributed by atoms with Gasteiger partial charge in [-0.2, -0.15) is 17.9 Å². The number of sulfonamides is 1. The maximum absolute atomic E-state index is 13.6. The molecule has 32 heavy (non-hydrogen) atoms. The molecule has 7 heteroatoms. The molecule has 0 aliphatic carbocycles. The lowest BCUT2D eigenvalue weighted by atomic mass is 9.98. The minimum Gasteiger partial charge on any atom is -0.497 e. The molecule has 1 heterocycles. The summed E-state index contributed by atoms with van der Waals surface area (Å²) >= 11 is 0. The second-order valence-corrected chi connectivity index (χ2v) is 9.63. The summed E-state index contributed by atoms with van der Waals surface area (Å²) in [5, 5.41) is 4.61. The van der Waals surface area contributed by atoms with Gasteiger partial charge in [-0.05, 0) is 43.7 Å². The molecule has 4 rings (SSSR count). The van der Waals surface area contributed by atoms with Crippen LogP contribution in [0.15, 0.2) is 76.7 Å². The maximum atomic E-state index is 13.6. The fraction of sp³-hybridized carbons (Fsp3) is 0.240. The van der Waals surface area contributed by atoms with Crippen LogP contribution in [0.5, 0.6) is 11.5 Å². The molecule has 3 aromatic carbocycles. The molecule has 1 aliphatic heterocycles. The highest BCUT2D eigenvalue weighted by molar-refractivity contribution is 7.89. The summed E-state index contributed by atoms with van der Waals surface area (Å²) in [5.74, 6) is 1.24. The second kappa shape index (κ2) is 8.67. The Morgan fingerprint density at radius 3 is 2.09 bits per heavy atom. The summed E-state index contributed by atoms with van der Waals surface area (Å²) in [4.78, 5) is 0.215. The molecule has 0 bridgehead atoms. The van der Waals surface area contributed by atoms with Crippen molar-refractivity contribution >= 4 is 15.7 Å². The van der Waals surface area contributed by atoms with Crippen LogP contribution in [0.4, 0.5) is 0 Å². The molecule has 3 aromatic rings. The number of benzene rings is 3. The Kier molecular flexibility index (Phi) is 5.93. The molecule has 0 aromatic heterocycles. The van der Waals surface area contributed by atoms with E-state index >= 15 is 0 Å². The molecule has 0 radical (unpaired) electrons. The van der Waals surface area contributed by atoms with Gasteiger partial charge in [-0.1, -0.05) is 47.5 Å². The van der Waals surface area contributed by atoms with Crippen LogP contribution in [0.2, 0.25) is 0 Å². The van der Waals surface area contributed by atoms with Gasteiger partial charge in [0.1, 0.15) is 11.5 Å². The van der Waals surface area contributed by atoms with Gasteiger partial charge in [0.2, 0.25) is 0 Å². The summed E-state index contributed by atoms with van der Waals surface area (Å²) in [6, 6.07) is 19.7. The SMILES string of the molecule is COc1ccc(C2=NN(S(=O)(=O)c3ccc(C)cc3)C(c3ccc(C)cc3)C2)c(OC)c1. The van der Waals surface area contributed by atoms with Crippen LogP contribution in [0.1, 0.15) is 34.7 Å². The topological polar surface area (TPSA) is 68.2 Å². The predicted octanol–water partition coefficient (Wildman–Crippen LogP) is 4.86. The lowest BCUT2D eigenvalue weighted by Gasteiger charge is -2.23. The molecule has 0 spiro atoms. The smallest absolute Gasteiger partial charge is 0.279 e. The van der Waals surface area contributed by atoms with Gasteiger partial charge >= 0.3 is 0 Å². The molecule has 1 unspecified atom stereocenters. The molecular formula is C25H26N2O4S. The zero-order valence-corrected chi connectivity index (χ0v) is 19.4. The standard InChI is InChI=1S/C25H26N2O4S/c1-17-5-9-19(10-6-17)24-16-23(22-14-11-20(30-3)15-25(22)31-4)26-27(24)32(28,29)21-12-7-18(2)8-13-21/h5-15,24H,16H2,1-4H3. The largest absolute Gasteiger partial charge is 0.497 e. The van der Waals surface area contributed by atoms with Gasteiger partial charge in [0.25, 0.3) is 10.0 Å². The molecule has 1 aliphatic rings. The highest BCUT2D eigenvalue weighted by atomic mass is 32.2. The Morgan fingerprint density at radius 2 is 1.50 bits per heavy atom. The van der Waals surface area contributed by atoms with E-state index in [4.69, 9.17) is 9.47 Å². The van der Waals surface area contributed by atoms with Crippen LogP contribution in [0, 0.1) is 13.8 Å². The van der Waals surface area contributed by atoms with Gasteiger partial charge < -0.3 is 9.47 Å². The summed E-state index contributed by atoms with van der Waals surface area (Å²) in [5.41, 5.74) is 4.38. The van der Waals surface area contributed by atoms with E-state index in [1.165, 1.54) is 4.41 Å². The first-order chi connectivity index (χ1) is 15.3. The van der Waals surface area contributed by atoms with E-state index in [0.29, 0.717) is 23.6 Å². The Labute approximate surface area is 189 Å². The number of ether oxygens (including phenoxy) is 2. The summed E-state index contributed by atoms with van der Waals surface area (Å²) < 4.78 is 39.3. The van der Waals surface area contributed by atoms with Crippen LogP contribution in [0.25, 0.3) is 0 Å². The van der Waals surface area contributed by atoms with Crippen molar-refractivity contribution in [3.05, 3.63) is 89.0 Å². The van der Waals surface area contributed by atoms with E-state index < -0.39 is 16.1 Å². The second-order valence-electron chi connectivity index (χ2n) is 7.83. The maximum Gasteiger partial charge on any atom is 0.279 e. The quantitative estimate of drug-likeness (QED) is 0.538. The van der Waals surface area contributed by atoms with E-state index in [0.717, 1.165) is 22.3 Å². The third-order valence-electron chi connectivity index (χ3n) is 5.62.